The van der Waals surface area contributed by atoms with Crippen LogP contribution in [0.5, 0.6) is 5.75 Å². The maximum atomic E-state index is 11.9. The van der Waals surface area contributed by atoms with E-state index in [0.29, 0.717) is 12.1 Å². The van der Waals surface area contributed by atoms with Gasteiger partial charge in [-0.3, -0.25) is 9.59 Å². The maximum Gasteiger partial charge on any atom is 0.313 e. The van der Waals surface area contributed by atoms with E-state index in [1.54, 1.807) is 12.1 Å². The lowest BCUT2D eigenvalue weighted by Crippen LogP contribution is -2.44. The largest absolute Gasteiger partial charge is 0.508 e. The molecule has 0 aromatic heterocycles. The summed E-state index contributed by atoms with van der Waals surface area (Å²) in [5, 5.41) is 23.6. The van der Waals surface area contributed by atoms with E-state index >= 15 is 0 Å². The van der Waals surface area contributed by atoms with Crippen molar-refractivity contribution in [3.8, 4) is 5.75 Å². The number of rotatable bonds is 5. The lowest BCUT2D eigenvalue weighted by atomic mass is 10.1. The number of amides is 2. The van der Waals surface area contributed by atoms with E-state index in [0.717, 1.165) is 5.56 Å². The third kappa shape index (κ3) is 5.12. The number of aromatic hydroxyl groups is 1. The van der Waals surface area contributed by atoms with Crippen molar-refractivity contribution in [3.63, 3.8) is 0 Å². The monoisotopic (exact) mass is 314 g/mol. The molecule has 0 unspecified atom stereocenters. The van der Waals surface area contributed by atoms with Gasteiger partial charge in [0, 0.05) is 11.8 Å². The molecule has 0 saturated carbocycles. The summed E-state index contributed by atoms with van der Waals surface area (Å²) in [6, 6.07) is 14.7. The molecule has 0 aliphatic rings. The van der Waals surface area contributed by atoms with Crippen molar-refractivity contribution in [2.45, 2.75) is 12.5 Å². The summed E-state index contributed by atoms with van der Waals surface area (Å²) in [6.45, 7) is -0.278. The van der Waals surface area contributed by atoms with Gasteiger partial charge >= 0.3 is 11.8 Å². The predicted molar refractivity (Wildman–Crippen MR) is 85.9 cm³/mol. The van der Waals surface area contributed by atoms with Crippen LogP contribution < -0.4 is 10.6 Å². The van der Waals surface area contributed by atoms with Crippen LogP contribution in [0.25, 0.3) is 0 Å². The second kappa shape index (κ2) is 7.95. The highest BCUT2D eigenvalue weighted by Crippen LogP contribution is 2.15. The summed E-state index contributed by atoms with van der Waals surface area (Å²) >= 11 is 0. The van der Waals surface area contributed by atoms with Crippen molar-refractivity contribution < 1.29 is 19.8 Å². The van der Waals surface area contributed by atoms with Gasteiger partial charge in [-0.1, -0.05) is 36.4 Å². The smallest absolute Gasteiger partial charge is 0.313 e. The van der Waals surface area contributed by atoms with E-state index in [2.05, 4.69) is 10.6 Å². The zero-order valence-electron chi connectivity index (χ0n) is 12.4. The summed E-state index contributed by atoms with van der Waals surface area (Å²) in [5.41, 5.74) is 1.26. The minimum Gasteiger partial charge on any atom is -0.508 e. The zero-order chi connectivity index (χ0) is 16.7. The summed E-state index contributed by atoms with van der Waals surface area (Å²) in [4.78, 5) is 23.7. The first-order valence-electron chi connectivity index (χ1n) is 7.14. The first-order valence-corrected chi connectivity index (χ1v) is 7.14. The molecule has 2 amide bonds. The first-order chi connectivity index (χ1) is 11.1. The van der Waals surface area contributed by atoms with Gasteiger partial charge in [0.15, 0.2) is 0 Å². The van der Waals surface area contributed by atoms with Crippen molar-refractivity contribution in [2.24, 2.45) is 0 Å². The number of phenolic OH excluding ortho intramolecular Hbond substituents is 1. The molecule has 0 heterocycles. The van der Waals surface area contributed by atoms with E-state index in [9.17, 15) is 19.8 Å². The van der Waals surface area contributed by atoms with Crippen LogP contribution in [-0.4, -0.2) is 34.7 Å². The van der Waals surface area contributed by atoms with E-state index in [1.807, 2.05) is 30.3 Å². The van der Waals surface area contributed by atoms with Gasteiger partial charge in [-0.2, -0.15) is 0 Å². The summed E-state index contributed by atoms with van der Waals surface area (Å²) < 4.78 is 0. The number of nitrogens with one attached hydrogen (secondary N) is 2. The molecule has 0 bridgehead atoms. The van der Waals surface area contributed by atoms with Gasteiger partial charge in [-0.05, 0) is 24.1 Å². The minimum absolute atomic E-state index is 0.0134. The Kier molecular flexibility index (Phi) is 5.71. The van der Waals surface area contributed by atoms with E-state index in [4.69, 9.17) is 0 Å². The van der Waals surface area contributed by atoms with Gasteiger partial charge in [0.2, 0.25) is 0 Å². The Labute approximate surface area is 133 Å². The van der Waals surface area contributed by atoms with Gasteiger partial charge in [0.1, 0.15) is 5.75 Å². The topological polar surface area (TPSA) is 98.7 Å². The van der Waals surface area contributed by atoms with E-state index < -0.39 is 17.9 Å². The lowest BCUT2D eigenvalue weighted by molar-refractivity contribution is -0.136. The van der Waals surface area contributed by atoms with Crippen LogP contribution >= 0.6 is 0 Å². The molecule has 0 aliphatic heterocycles. The number of aliphatic hydroxyl groups is 1. The molecule has 23 heavy (non-hydrogen) atoms. The molecule has 2 aromatic rings. The third-order valence-electron chi connectivity index (χ3n) is 3.19. The quantitative estimate of drug-likeness (QED) is 0.620. The third-order valence-corrected chi connectivity index (χ3v) is 3.19. The molecule has 2 rings (SSSR count). The number of benzene rings is 2. The molecule has 6 nitrogen and oxygen atoms in total. The highest BCUT2D eigenvalue weighted by molar-refractivity contribution is 6.39. The van der Waals surface area contributed by atoms with Crippen LogP contribution in [-0.2, 0) is 16.0 Å². The van der Waals surface area contributed by atoms with Gasteiger partial charge in [-0.25, -0.2) is 0 Å². The van der Waals surface area contributed by atoms with Crippen molar-refractivity contribution in [1.82, 2.24) is 5.32 Å². The predicted octanol–water partition coefficient (Wildman–Crippen LogP) is 1.05. The maximum absolute atomic E-state index is 11.9. The SMILES string of the molecule is O=C(Nc1cccc(O)c1)C(=O)N[C@@H](CO)Cc1ccccc1. The summed E-state index contributed by atoms with van der Waals surface area (Å²) in [6.07, 6.45) is 0.419. The van der Waals surface area contributed by atoms with Gasteiger partial charge in [0.25, 0.3) is 0 Å². The minimum atomic E-state index is -0.859. The highest BCUT2D eigenvalue weighted by Gasteiger charge is 2.18. The number of phenols is 1. The fraction of sp³-hybridized carbons (Fsp3) is 0.176. The molecule has 0 fully saturated rings. The van der Waals surface area contributed by atoms with Crippen molar-refractivity contribution in [3.05, 3.63) is 60.2 Å². The molecule has 0 aliphatic carbocycles. The van der Waals surface area contributed by atoms with E-state index in [-0.39, 0.29) is 12.4 Å². The normalized spacial score (nSPS) is 11.5. The number of aliphatic hydroxyl groups excluding tert-OH is 1. The van der Waals surface area contributed by atoms with Crippen LogP contribution in [0.3, 0.4) is 0 Å². The van der Waals surface area contributed by atoms with Crippen molar-refractivity contribution >= 4 is 17.5 Å². The number of carbonyl (C=O) groups is 2. The fourth-order valence-electron chi connectivity index (χ4n) is 2.08. The molecular formula is C17H18N2O4. The van der Waals surface area contributed by atoms with Crippen molar-refractivity contribution in [1.29, 1.82) is 0 Å². The van der Waals surface area contributed by atoms with Crippen LogP contribution in [0.4, 0.5) is 5.69 Å². The summed E-state index contributed by atoms with van der Waals surface area (Å²) in [7, 11) is 0. The van der Waals surface area contributed by atoms with Gasteiger partial charge in [0.05, 0.1) is 12.6 Å². The lowest BCUT2D eigenvalue weighted by Gasteiger charge is -2.16. The Morgan fingerprint density at radius 2 is 1.74 bits per heavy atom. The number of anilines is 1. The molecule has 0 spiro atoms. The number of carbonyl (C=O) groups excluding carboxylic acids is 2. The molecular weight excluding hydrogens is 296 g/mol. The number of hydrogen-bond donors (Lipinski definition) is 4. The average molecular weight is 314 g/mol. The molecule has 6 heteroatoms. The standard InChI is InChI=1S/C17H18N2O4/c20-11-14(9-12-5-2-1-3-6-12)19-17(23)16(22)18-13-7-4-8-15(21)10-13/h1-8,10,14,20-21H,9,11H2,(H,18,22)(H,19,23)/t14-/m1/s1. The average Bonchev–Trinajstić information content (AvgIpc) is 2.55. The van der Waals surface area contributed by atoms with Crippen LogP contribution in [0, 0.1) is 0 Å². The molecule has 0 saturated heterocycles. The molecule has 4 N–H and O–H groups in total. The van der Waals surface area contributed by atoms with E-state index in [1.165, 1.54) is 12.1 Å². The Morgan fingerprint density at radius 3 is 2.39 bits per heavy atom. The zero-order valence-corrected chi connectivity index (χ0v) is 12.4. The molecule has 2 aromatic carbocycles. The molecule has 1 atom stereocenters. The molecule has 120 valence electrons. The van der Waals surface area contributed by atoms with Gasteiger partial charge in [-0.15, -0.1) is 0 Å². The highest BCUT2D eigenvalue weighted by atomic mass is 16.3. The number of hydrogen-bond acceptors (Lipinski definition) is 4. The second-order valence-corrected chi connectivity index (χ2v) is 5.05. The van der Waals surface area contributed by atoms with Crippen LogP contribution in [0.2, 0.25) is 0 Å². The Morgan fingerprint density at radius 1 is 1.00 bits per heavy atom. The Bertz CT molecular complexity index is 673. The van der Waals surface area contributed by atoms with Crippen molar-refractivity contribution in [2.75, 3.05) is 11.9 Å². The Hall–Kier alpha value is -2.86. The van der Waals surface area contributed by atoms with Gasteiger partial charge < -0.3 is 20.8 Å². The Balaban J connectivity index is 1.92. The summed E-state index contributed by atoms with van der Waals surface area (Å²) in [5.74, 6) is -1.72. The first kappa shape index (κ1) is 16.5. The second-order valence-electron chi connectivity index (χ2n) is 5.05. The van der Waals surface area contributed by atoms with Crippen LogP contribution in [0.1, 0.15) is 5.56 Å². The fourth-order valence-corrected chi connectivity index (χ4v) is 2.08. The molecule has 0 radical (unpaired) electrons. The van der Waals surface area contributed by atoms with Crippen LogP contribution in [0.15, 0.2) is 54.6 Å².